The largest absolute Gasteiger partial charge is 0.457 e. The monoisotopic (exact) mass is 431 g/mol. The lowest BCUT2D eigenvalue weighted by Crippen LogP contribution is -2.39. The third-order valence-electron chi connectivity index (χ3n) is 7.02. The average molecular weight is 432 g/mol. The van der Waals surface area contributed by atoms with Crippen molar-refractivity contribution < 1.29 is 14.3 Å². The van der Waals surface area contributed by atoms with E-state index in [2.05, 4.69) is 49.6 Å². The van der Waals surface area contributed by atoms with E-state index in [1.165, 1.54) is 16.7 Å². The van der Waals surface area contributed by atoms with Gasteiger partial charge in [0.1, 0.15) is 6.10 Å². The van der Waals surface area contributed by atoms with Crippen molar-refractivity contribution in [1.82, 2.24) is 4.90 Å². The highest BCUT2D eigenvalue weighted by molar-refractivity contribution is 5.80. The molecule has 3 aliphatic rings. The van der Waals surface area contributed by atoms with Crippen LogP contribution in [0.25, 0.3) is 0 Å². The zero-order chi connectivity index (χ0) is 22.7. The normalized spacial score (nSPS) is 25.4. The molecule has 4 atom stereocenters. The first-order chi connectivity index (χ1) is 15.5. The Labute approximate surface area is 191 Å². The fourth-order valence-electron chi connectivity index (χ4n) is 5.41. The van der Waals surface area contributed by atoms with E-state index in [1.807, 2.05) is 30.3 Å². The molecule has 5 rings (SSSR count). The summed E-state index contributed by atoms with van der Waals surface area (Å²) in [6.07, 6.45) is 7.15. The number of carbonyl (C=O) groups excluding carboxylic acids is 2. The molecule has 168 valence electrons. The van der Waals surface area contributed by atoms with Crippen molar-refractivity contribution in [3.63, 3.8) is 0 Å². The number of hydrogen-bond acceptors (Lipinski definition) is 3. The van der Waals surface area contributed by atoms with Gasteiger partial charge in [-0.1, -0.05) is 54.6 Å². The van der Waals surface area contributed by atoms with E-state index in [9.17, 15) is 9.59 Å². The minimum atomic E-state index is -0.0375. The molecular weight excluding hydrogens is 398 g/mol. The van der Waals surface area contributed by atoms with Gasteiger partial charge in [0.2, 0.25) is 5.91 Å². The lowest BCUT2D eigenvalue weighted by Gasteiger charge is -2.26. The Morgan fingerprint density at radius 2 is 1.69 bits per heavy atom. The summed E-state index contributed by atoms with van der Waals surface area (Å²) in [6.45, 7) is 8.08. The Bertz CT molecular complexity index is 988. The first kappa shape index (κ1) is 22.3. The van der Waals surface area contributed by atoms with Gasteiger partial charge in [-0.05, 0) is 61.8 Å². The molecule has 2 fully saturated rings. The number of esters is 1. The molecule has 2 heterocycles. The average Bonchev–Trinajstić information content (AvgIpc) is 3.41. The lowest BCUT2D eigenvalue weighted by atomic mass is 10.0. The topological polar surface area (TPSA) is 46.6 Å². The summed E-state index contributed by atoms with van der Waals surface area (Å²) in [7, 11) is 0. The summed E-state index contributed by atoms with van der Waals surface area (Å²) in [4.78, 5) is 25.6. The molecule has 2 aromatic carbocycles. The van der Waals surface area contributed by atoms with Crippen molar-refractivity contribution in [1.29, 1.82) is 0 Å². The van der Waals surface area contributed by atoms with Crippen LogP contribution in [-0.2, 0) is 33.6 Å². The summed E-state index contributed by atoms with van der Waals surface area (Å²) in [5.41, 5.74) is 4.92. The number of allylic oxidation sites excluding steroid dienone is 1. The minimum Gasteiger partial charge on any atom is -0.457 e. The number of likely N-dealkylation sites (tertiary alicyclic amines) is 1. The Kier molecular flexibility index (Phi) is 6.78. The molecule has 0 unspecified atom stereocenters. The molecule has 1 aliphatic carbocycles. The second-order valence-electron chi connectivity index (χ2n) is 9.29. The van der Waals surface area contributed by atoms with Gasteiger partial charge in [0.15, 0.2) is 0 Å². The summed E-state index contributed by atoms with van der Waals surface area (Å²) < 4.78 is 5.27. The number of fused-ring (bicyclic) bond motifs is 3. The number of nitrogens with zero attached hydrogens (tertiary/aromatic N) is 1. The van der Waals surface area contributed by atoms with E-state index in [0.29, 0.717) is 30.8 Å². The standard InChI is InChI=1S/C17H23NO.C11H10O2/c1-4-7-15-8-5-6-9-16(15)12-17(19)18-13(2)10-11-14(18)3;12-10-6-8-5-7-3-1-2-4-9(7)11(8)13-10/h4-6,8-9,13-14H,1,7,10-12H2,2-3H3;1-4,8,11H,5-6H2/t13-,14-;8-,11+/m11/s1. The van der Waals surface area contributed by atoms with Crippen LogP contribution in [0, 0.1) is 5.92 Å². The van der Waals surface area contributed by atoms with Crippen LogP contribution in [0.15, 0.2) is 61.2 Å². The van der Waals surface area contributed by atoms with Crippen molar-refractivity contribution in [3.05, 3.63) is 83.4 Å². The lowest BCUT2D eigenvalue weighted by molar-refractivity contribution is -0.141. The van der Waals surface area contributed by atoms with Gasteiger partial charge in [0.05, 0.1) is 12.8 Å². The SMILES string of the molecule is C=CCc1ccccc1CC(=O)N1[C@H](C)CC[C@H]1C.O=C1C[C@H]2Cc3ccccc3[C@H]2O1. The smallest absolute Gasteiger partial charge is 0.306 e. The second kappa shape index (κ2) is 9.72. The molecule has 1 amide bonds. The number of benzene rings is 2. The maximum Gasteiger partial charge on any atom is 0.306 e. The van der Waals surface area contributed by atoms with E-state index in [4.69, 9.17) is 4.74 Å². The number of rotatable bonds is 4. The van der Waals surface area contributed by atoms with Crippen molar-refractivity contribution in [2.45, 2.75) is 70.6 Å². The minimum absolute atomic E-state index is 0.0375. The van der Waals surface area contributed by atoms with Gasteiger partial charge in [-0.25, -0.2) is 0 Å². The van der Waals surface area contributed by atoms with Gasteiger partial charge in [-0.3, -0.25) is 9.59 Å². The van der Waals surface area contributed by atoms with E-state index < -0.39 is 0 Å². The molecule has 2 saturated heterocycles. The summed E-state index contributed by atoms with van der Waals surface area (Å²) in [5, 5.41) is 0. The van der Waals surface area contributed by atoms with E-state index in [-0.39, 0.29) is 18.0 Å². The molecule has 4 heteroatoms. The molecule has 32 heavy (non-hydrogen) atoms. The van der Waals surface area contributed by atoms with Crippen molar-refractivity contribution >= 4 is 11.9 Å². The van der Waals surface area contributed by atoms with Crippen LogP contribution < -0.4 is 0 Å². The van der Waals surface area contributed by atoms with Crippen LogP contribution in [0.3, 0.4) is 0 Å². The molecule has 0 saturated carbocycles. The Morgan fingerprint density at radius 3 is 2.41 bits per heavy atom. The predicted octanol–water partition coefficient (Wildman–Crippen LogP) is 5.20. The van der Waals surface area contributed by atoms with Gasteiger partial charge in [-0.15, -0.1) is 6.58 Å². The van der Waals surface area contributed by atoms with Gasteiger partial charge < -0.3 is 9.64 Å². The zero-order valence-electron chi connectivity index (χ0n) is 19.1. The van der Waals surface area contributed by atoms with E-state index in [0.717, 1.165) is 31.2 Å². The van der Waals surface area contributed by atoms with Crippen molar-refractivity contribution in [3.8, 4) is 0 Å². The molecule has 4 nitrogen and oxygen atoms in total. The molecule has 2 aromatic rings. The molecule has 0 N–H and O–H groups in total. The molecule has 0 bridgehead atoms. The van der Waals surface area contributed by atoms with Crippen LogP contribution >= 0.6 is 0 Å². The van der Waals surface area contributed by atoms with E-state index >= 15 is 0 Å². The first-order valence-corrected chi connectivity index (χ1v) is 11.7. The van der Waals surface area contributed by atoms with Crippen molar-refractivity contribution in [2.75, 3.05) is 0 Å². The summed E-state index contributed by atoms with van der Waals surface area (Å²) in [6, 6.07) is 17.2. The van der Waals surface area contributed by atoms with Crippen LogP contribution in [0.1, 0.15) is 61.5 Å². The Balaban J connectivity index is 0.000000163. The maximum atomic E-state index is 12.5. The Morgan fingerprint density at radius 1 is 1.03 bits per heavy atom. The number of hydrogen-bond donors (Lipinski definition) is 0. The summed E-state index contributed by atoms with van der Waals surface area (Å²) >= 11 is 0. The van der Waals surface area contributed by atoms with Gasteiger partial charge in [0.25, 0.3) is 0 Å². The third kappa shape index (κ3) is 4.64. The quantitative estimate of drug-likeness (QED) is 0.494. The highest BCUT2D eigenvalue weighted by Gasteiger charge is 2.41. The van der Waals surface area contributed by atoms with Crippen molar-refractivity contribution in [2.24, 2.45) is 5.92 Å². The molecule has 0 spiro atoms. The Hall–Kier alpha value is -2.88. The van der Waals surface area contributed by atoms with Crippen LogP contribution in [-0.4, -0.2) is 28.9 Å². The van der Waals surface area contributed by atoms with Gasteiger partial charge in [-0.2, -0.15) is 0 Å². The fraction of sp³-hybridized carbons (Fsp3) is 0.429. The highest BCUT2D eigenvalue weighted by atomic mass is 16.6. The van der Waals surface area contributed by atoms with Gasteiger partial charge >= 0.3 is 5.97 Å². The first-order valence-electron chi connectivity index (χ1n) is 11.7. The van der Waals surface area contributed by atoms with E-state index in [1.54, 1.807) is 0 Å². The predicted molar refractivity (Wildman–Crippen MR) is 126 cm³/mol. The molecule has 2 aliphatic heterocycles. The van der Waals surface area contributed by atoms with Crippen LogP contribution in [0.4, 0.5) is 0 Å². The third-order valence-corrected chi connectivity index (χ3v) is 7.02. The zero-order valence-corrected chi connectivity index (χ0v) is 19.1. The number of ether oxygens (including phenoxy) is 1. The molecule has 0 aromatic heterocycles. The molecule has 0 radical (unpaired) electrons. The van der Waals surface area contributed by atoms with Crippen LogP contribution in [0.5, 0.6) is 0 Å². The number of carbonyl (C=O) groups is 2. The highest BCUT2D eigenvalue weighted by Crippen LogP contribution is 2.44. The molecular formula is C28H33NO3. The number of amides is 1. The van der Waals surface area contributed by atoms with Gasteiger partial charge in [0, 0.05) is 18.0 Å². The second-order valence-corrected chi connectivity index (χ2v) is 9.29. The summed E-state index contributed by atoms with van der Waals surface area (Å²) in [5.74, 6) is 0.628. The van der Waals surface area contributed by atoms with Crippen LogP contribution in [0.2, 0.25) is 0 Å². The fourth-order valence-corrected chi connectivity index (χ4v) is 5.41. The maximum absolute atomic E-state index is 12.5.